The van der Waals surface area contributed by atoms with Crippen LogP contribution in [0.3, 0.4) is 0 Å². The van der Waals surface area contributed by atoms with Crippen LogP contribution in [-0.2, 0) is 4.79 Å². The van der Waals surface area contributed by atoms with Gasteiger partial charge in [-0.25, -0.2) is 4.79 Å². The number of amides is 1. The molecule has 0 aliphatic carbocycles. The van der Waals surface area contributed by atoms with Crippen LogP contribution < -0.4 is 10.6 Å². The number of carbonyl (C=O) groups excluding carboxylic acids is 1. The zero-order valence-electron chi connectivity index (χ0n) is 12.2. The summed E-state index contributed by atoms with van der Waals surface area (Å²) in [6, 6.07) is 12.2. The van der Waals surface area contributed by atoms with Crippen LogP contribution in [-0.4, -0.2) is 17.0 Å². The predicted molar refractivity (Wildman–Crippen MR) is 92.4 cm³/mol. The maximum Gasteiger partial charge on any atom is 0.335 e. The third-order valence-electron chi connectivity index (χ3n) is 3.56. The predicted octanol–water partition coefficient (Wildman–Crippen LogP) is 3.94. The largest absolute Gasteiger partial charge is 0.478 e. The highest BCUT2D eigenvalue weighted by Gasteiger charge is 2.27. The summed E-state index contributed by atoms with van der Waals surface area (Å²) in [6.07, 6.45) is 0. The number of hydrogen-bond donors (Lipinski definition) is 3. The van der Waals surface area contributed by atoms with Crippen LogP contribution in [0.25, 0.3) is 5.57 Å². The smallest absolute Gasteiger partial charge is 0.335 e. The molecule has 0 saturated carbocycles. The van der Waals surface area contributed by atoms with Crippen molar-refractivity contribution in [2.75, 3.05) is 10.6 Å². The number of allylic oxidation sites excluding steroid dienone is 1. The average Bonchev–Trinajstić information content (AvgIpc) is 2.84. The molecule has 1 heterocycles. The van der Waals surface area contributed by atoms with E-state index in [4.69, 9.17) is 5.11 Å². The molecule has 3 N–H and O–H groups in total. The maximum absolute atomic E-state index is 12.2. The van der Waals surface area contributed by atoms with E-state index in [2.05, 4.69) is 26.6 Å². The molecule has 116 valence electrons. The molecule has 1 amide bonds. The minimum atomic E-state index is -1.02. The lowest BCUT2D eigenvalue weighted by molar-refractivity contribution is -0.110. The Morgan fingerprint density at radius 2 is 1.87 bits per heavy atom. The lowest BCUT2D eigenvalue weighted by atomic mass is 10.0. The van der Waals surface area contributed by atoms with Crippen molar-refractivity contribution in [1.29, 1.82) is 0 Å². The van der Waals surface area contributed by atoms with Gasteiger partial charge < -0.3 is 15.7 Å². The van der Waals surface area contributed by atoms with Crippen molar-refractivity contribution in [3.63, 3.8) is 0 Å². The van der Waals surface area contributed by atoms with Crippen LogP contribution >= 0.6 is 15.9 Å². The van der Waals surface area contributed by atoms with Crippen LogP contribution in [0.5, 0.6) is 0 Å². The number of halogens is 1. The zero-order valence-corrected chi connectivity index (χ0v) is 13.8. The summed E-state index contributed by atoms with van der Waals surface area (Å²) < 4.78 is 0.961. The highest BCUT2D eigenvalue weighted by molar-refractivity contribution is 9.10. The molecular weight excluding hydrogens is 360 g/mol. The lowest BCUT2D eigenvalue weighted by Crippen LogP contribution is -2.08. The Balaban J connectivity index is 2.02. The number of fused-ring (bicyclic) bond motifs is 1. The summed E-state index contributed by atoms with van der Waals surface area (Å²) in [4.78, 5) is 23.4. The van der Waals surface area contributed by atoms with Gasteiger partial charge in [0.25, 0.3) is 5.91 Å². The van der Waals surface area contributed by atoms with Crippen LogP contribution in [0, 0.1) is 0 Å². The Morgan fingerprint density at radius 1 is 1.17 bits per heavy atom. The molecular formula is C17H13BrN2O3. The van der Waals surface area contributed by atoms with E-state index in [0.717, 1.165) is 10.2 Å². The number of carboxylic acids is 1. The molecule has 23 heavy (non-hydrogen) atoms. The van der Waals surface area contributed by atoms with E-state index in [-0.39, 0.29) is 11.5 Å². The second-order valence-electron chi connectivity index (χ2n) is 5.15. The van der Waals surface area contributed by atoms with Crippen LogP contribution in [0.1, 0.15) is 22.8 Å². The molecule has 0 fully saturated rings. The summed E-state index contributed by atoms with van der Waals surface area (Å²) in [5.74, 6) is -1.27. The van der Waals surface area contributed by atoms with E-state index in [1.54, 1.807) is 13.0 Å². The molecule has 0 atom stereocenters. The van der Waals surface area contributed by atoms with Crippen molar-refractivity contribution in [2.24, 2.45) is 0 Å². The van der Waals surface area contributed by atoms with E-state index >= 15 is 0 Å². The first-order chi connectivity index (χ1) is 11.0. The molecule has 0 radical (unpaired) electrons. The van der Waals surface area contributed by atoms with Gasteiger partial charge in [-0.2, -0.15) is 0 Å². The Labute approximate surface area is 141 Å². The van der Waals surface area contributed by atoms with E-state index in [1.165, 1.54) is 12.1 Å². The van der Waals surface area contributed by atoms with E-state index in [1.807, 2.05) is 24.3 Å². The molecule has 3 rings (SSSR count). The summed E-state index contributed by atoms with van der Waals surface area (Å²) in [5.41, 5.74) is 3.31. The fourth-order valence-corrected chi connectivity index (χ4v) is 2.75. The molecule has 1 aliphatic heterocycles. The Hall–Kier alpha value is -2.60. The number of carbonyl (C=O) groups is 2. The van der Waals surface area contributed by atoms with Gasteiger partial charge >= 0.3 is 5.97 Å². The van der Waals surface area contributed by atoms with Crippen LogP contribution in [0.4, 0.5) is 11.4 Å². The molecule has 0 spiro atoms. The van der Waals surface area contributed by atoms with Gasteiger partial charge in [-0.1, -0.05) is 15.9 Å². The minimum absolute atomic E-state index is 0.147. The summed E-state index contributed by atoms with van der Waals surface area (Å²) >= 11 is 3.37. The highest BCUT2D eigenvalue weighted by atomic mass is 79.9. The normalized spacial score (nSPS) is 15.0. The van der Waals surface area contributed by atoms with E-state index < -0.39 is 5.97 Å². The number of aromatic carboxylic acids is 1. The van der Waals surface area contributed by atoms with Crippen LogP contribution in [0.2, 0.25) is 0 Å². The van der Waals surface area contributed by atoms with Crippen molar-refractivity contribution in [1.82, 2.24) is 0 Å². The van der Waals surface area contributed by atoms with Crippen molar-refractivity contribution < 1.29 is 14.7 Å². The Kier molecular flexibility index (Phi) is 3.92. The van der Waals surface area contributed by atoms with Gasteiger partial charge in [-0.05, 0) is 49.4 Å². The fraction of sp³-hybridized carbons (Fsp3) is 0.0588. The standard InChI is InChI=1S/C17H13BrN2O3/c1-9(19-12-5-3-11(18)4-6-12)15-13-8-10(17(22)23)2-7-14(13)20-16(15)21/h2-8,19H,1H3,(H,20,21)(H,22,23)/b15-9-. The monoisotopic (exact) mass is 372 g/mol. The third-order valence-corrected chi connectivity index (χ3v) is 4.09. The number of benzene rings is 2. The van der Waals surface area contributed by atoms with Crippen molar-refractivity contribution >= 4 is 44.8 Å². The molecule has 0 saturated heterocycles. The summed E-state index contributed by atoms with van der Waals surface area (Å²) in [5, 5.41) is 15.1. The molecule has 0 bridgehead atoms. The number of hydrogen-bond acceptors (Lipinski definition) is 3. The molecule has 1 aliphatic rings. The molecule has 2 aromatic carbocycles. The van der Waals surface area contributed by atoms with Gasteiger partial charge in [0.1, 0.15) is 0 Å². The highest BCUT2D eigenvalue weighted by Crippen LogP contribution is 2.34. The second kappa shape index (κ2) is 5.89. The first-order valence-electron chi connectivity index (χ1n) is 6.88. The van der Waals surface area contributed by atoms with Gasteiger partial charge in [0, 0.05) is 27.1 Å². The molecule has 2 aromatic rings. The molecule has 0 unspecified atom stereocenters. The molecule has 5 nitrogen and oxygen atoms in total. The van der Waals surface area contributed by atoms with Gasteiger partial charge in [-0.15, -0.1) is 0 Å². The Morgan fingerprint density at radius 3 is 2.52 bits per heavy atom. The lowest BCUT2D eigenvalue weighted by Gasteiger charge is -2.10. The van der Waals surface area contributed by atoms with Crippen molar-refractivity contribution in [3.8, 4) is 0 Å². The fourth-order valence-electron chi connectivity index (χ4n) is 2.48. The summed E-state index contributed by atoms with van der Waals surface area (Å²) in [6.45, 7) is 1.79. The van der Waals surface area contributed by atoms with Crippen molar-refractivity contribution in [2.45, 2.75) is 6.92 Å². The third kappa shape index (κ3) is 2.98. The second-order valence-corrected chi connectivity index (χ2v) is 6.07. The minimum Gasteiger partial charge on any atom is -0.478 e. The first-order valence-corrected chi connectivity index (χ1v) is 7.67. The Bertz CT molecular complexity index is 841. The molecule has 6 heteroatoms. The number of rotatable bonds is 3. The van der Waals surface area contributed by atoms with Crippen molar-refractivity contribution in [3.05, 3.63) is 63.8 Å². The van der Waals surface area contributed by atoms with Gasteiger partial charge in [0.15, 0.2) is 0 Å². The van der Waals surface area contributed by atoms with Gasteiger partial charge in [-0.3, -0.25) is 4.79 Å². The number of anilines is 2. The first kappa shape index (κ1) is 15.3. The number of nitrogens with one attached hydrogen (secondary N) is 2. The van der Waals surface area contributed by atoms with Crippen LogP contribution in [0.15, 0.2) is 52.6 Å². The molecule has 0 aromatic heterocycles. The number of carboxylic acid groups (broad SMARTS) is 1. The maximum atomic E-state index is 12.2. The summed E-state index contributed by atoms with van der Waals surface area (Å²) in [7, 11) is 0. The SMILES string of the molecule is C/C(Nc1ccc(Br)cc1)=C1/C(=O)Nc2ccc(C(=O)O)cc21. The quantitative estimate of drug-likeness (QED) is 0.712. The topological polar surface area (TPSA) is 78.4 Å². The van der Waals surface area contributed by atoms with E-state index in [9.17, 15) is 9.59 Å². The zero-order chi connectivity index (χ0) is 16.6. The van der Waals surface area contributed by atoms with E-state index in [0.29, 0.717) is 22.5 Å². The average molecular weight is 373 g/mol. The van der Waals surface area contributed by atoms with Gasteiger partial charge in [0.05, 0.1) is 11.1 Å². The van der Waals surface area contributed by atoms with Gasteiger partial charge in [0.2, 0.25) is 0 Å².